The van der Waals surface area contributed by atoms with E-state index in [2.05, 4.69) is 64.1 Å². The summed E-state index contributed by atoms with van der Waals surface area (Å²) in [5.41, 5.74) is 2.82. The highest BCUT2D eigenvalue weighted by molar-refractivity contribution is 7.85. The molecule has 10 nitrogen and oxygen atoms in total. The predicted molar refractivity (Wildman–Crippen MR) is 168 cm³/mol. The van der Waals surface area contributed by atoms with Gasteiger partial charge in [0.1, 0.15) is 11.4 Å². The SMILES string of the molecule is C[C@@H](CCOCC[C@@H](C)n1cc(-c2nn(C3CCCCO3)c3ccc(O[Si](C)(C)C(C)(C)C)cc23)cn1)CS(=O)(=O)O. The number of nitrogens with zero attached hydrogens (tertiary/aromatic N) is 4. The highest BCUT2D eigenvalue weighted by atomic mass is 32.2. The lowest BCUT2D eigenvalue weighted by atomic mass is 10.1. The molecule has 3 atom stereocenters. The van der Waals surface area contributed by atoms with Crippen LogP contribution >= 0.6 is 0 Å². The van der Waals surface area contributed by atoms with Crippen LogP contribution in [0.4, 0.5) is 0 Å². The molecule has 0 saturated carbocycles. The summed E-state index contributed by atoms with van der Waals surface area (Å²) in [4.78, 5) is 0. The minimum atomic E-state index is -3.96. The van der Waals surface area contributed by atoms with E-state index in [1.54, 1.807) is 6.92 Å². The first-order valence-corrected chi connectivity index (χ1v) is 19.6. The van der Waals surface area contributed by atoms with E-state index in [1.165, 1.54) is 0 Å². The number of ether oxygens (including phenoxy) is 2. The van der Waals surface area contributed by atoms with E-state index >= 15 is 0 Å². The third-order valence-electron chi connectivity index (χ3n) is 8.54. The van der Waals surface area contributed by atoms with Gasteiger partial charge < -0.3 is 13.9 Å². The van der Waals surface area contributed by atoms with Crippen LogP contribution in [0.25, 0.3) is 22.2 Å². The molecule has 0 bridgehead atoms. The monoisotopic (exact) mass is 620 g/mol. The summed E-state index contributed by atoms with van der Waals surface area (Å²) in [6.45, 7) is 16.8. The molecular weight excluding hydrogens is 573 g/mol. The molecule has 0 aliphatic carbocycles. The van der Waals surface area contributed by atoms with Crippen LogP contribution in [0, 0.1) is 5.92 Å². The number of aromatic nitrogens is 4. The highest BCUT2D eigenvalue weighted by Gasteiger charge is 2.39. The van der Waals surface area contributed by atoms with Crippen molar-refractivity contribution in [1.82, 2.24) is 19.6 Å². The van der Waals surface area contributed by atoms with Crippen LogP contribution in [0.1, 0.15) is 79.0 Å². The summed E-state index contributed by atoms with van der Waals surface area (Å²) in [5.74, 6) is 0.458. The van der Waals surface area contributed by atoms with Crippen LogP contribution in [0.15, 0.2) is 30.6 Å². The number of benzene rings is 1. The third kappa shape index (κ3) is 8.22. The lowest BCUT2D eigenvalue weighted by molar-refractivity contribution is -0.0365. The molecule has 1 aromatic carbocycles. The first kappa shape index (κ1) is 32.7. The van der Waals surface area contributed by atoms with Gasteiger partial charge in [0.25, 0.3) is 10.1 Å². The maximum atomic E-state index is 11.0. The molecule has 0 radical (unpaired) electrons. The minimum absolute atomic E-state index is 0.0875. The molecule has 42 heavy (non-hydrogen) atoms. The second kappa shape index (κ2) is 13.2. The van der Waals surface area contributed by atoms with Gasteiger partial charge in [-0.3, -0.25) is 9.23 Å². The van der Waals surface area contributed by atoms with Crippen LogP contribution in [-0.2, 0) is 19.6 Å². The molecule has 2 aromatic heterocycles. The van der Waals surface area contributed by atoms with Crippen molar-refractivity contribution in [3.8, 4) is 17.0 Å². The smallest absolute Gasteiger partial charge is 0.265 e. The Balaban J connectivity index is 1.51. The molecule has 0 amide bonds. The van der Waals surface area contributed by atoms with Crippen LogP contribution in [-0.4, -0.2) is 66.4 Å². The number of fused-ring (bicyclic) bond motifs is 1. The Morgan fingerprint density at radius 3 is 2.57 bits per heavy atom. The molecule has 12 heteroatoms. The van der Waals surface area contributed by atoms with E-state index in [4.69, 9.17) is 23.6 Å². The van der Waals surface area contributed by atoms with Gasteiger partial charge in [0, 0.05) is 37.0 Å². The second-order valence-electron chi connectivity index (χ2n) is 13.3. The average Bonchev–Trinajstić information content (AvgIpc) is 3.52. The highest BCUT2D eigenvalue weighted by Crippen LogP contribution is 2.40. The van der Waals surface area contributed by atoms with Crippen molar-refractivity contribution in [2.45, 2.75) is 97.1 Å². The van der Waals surface area contributed by atoms with Crippen LogP contribution < -0.4 is 4.43 Å². The van der Waals surface area contributed by atoms with Crippen molar-refractivity contribution in [3.63, 3.8) is 0 Å². The fourth-order valence-electron chi connectivity index (χ4n) is 4.90. The molecule has 1 unspecified atom stereocenters. The molecule has 3 heterocycles. The van der Waals surface area contributed by atoms with Gasteiger partial charge in [-0.2, -0.15) is 18.6 Å². The van der Waals surface area contributed by atoms with Gasteiger partial charge in [0.2, 0.25) is 8.32 Å². The Morgan fingerprint density at radius 1 is 1.17 bits per heavy atom. The standard InChI is InChI=1S/C30H48N4O6SSi/c1-22(21-41(35,36)37)13-16-38-17-14-23(2)33-20-24(19-31-33)29-26-18-25(40-42(6,7)30(3,4)5)11-12-27(26)34(32-29)28-10-8-9-15-39-28/h11-12,18-20,22-23,28H,8-10,13-17,21H2,1-7H3,(H,35,36,37)/t22-,23+,28?/m0/s1. The second-order valence-corrected chi connectivity index (χ2v) is 19.5. The molecule has 1 aliphatic heterocycles. The van der Waals surface area contributed by atoms with Crippen molar-refractivity contribution >= 4 is 29.3 Å². The fraction of sp³-hybridized carbons (Fsp3) is 0.667. The van der Waals surface area contributed by atoms with E-state index < -0.39 is 18.4 Å². The zero-order valence-electron chi connectivity index (χ0n) is 26.2. The van der Waals surface area contributed by atoms with Crippen LogP contribution in [0.5, 0.6) is 5.75 Å². The van der Waals surface area contributed by atoms with Crippen molar-refractivity contribution in [1.29, 1.82) is 0 Å². The van der Waals surface area contributed by atoms with Gasteiger partial charge in [-0.15, -0.1) is 0 Å². The summed E-state index contributed by atoms with van der Waals surface area (Å²) in [7, 11) is -5.98. The Morgan fingerprint density at radius 2 is 1.90 bits per heavy atom. The van der Waals surface area contributed by atoms with E-state index in [0.717, 1.165) is 60.2 Å². The van der Waals surface area contributed by atoms with E-state index in [-0.39, 0.29) is 29.0 Å². The number of rotatable bonds is 13. The van der Waals surface area contributed by atoms with Gasteiger partial charge >= 0.3 is 0 Å². The molecule has 0 spiro atoms. The molecule has 4 rings (SSSR count). The maximum Gasteiger partial charge on any atom is 0.265 e. The lowest BCUT2D eigenvalue weighted by Gasteiger charge is -2.36. The predicted octanol–water partition coefficient (Wildman–Crippen LogP) is 6.86. The zero-order valence-corrected chi connectivity index (χ0v) is 28.0. The van der Waals surface area contributed by atoms with Crippen molar-refractivity contribution in [2.24, 2.45) is 5.92 Å². The molecular formula is C30H48N4O6SSi. The zero-order chi connectivity index (χ0) is 30.7. The Hall–Kier alpha value is -2.25. The summed E-state index contributed by atoms with van der Waals surface area (Å²) >= 11 is 0. The van der Waals surface area contributed by atoms with E-state index in [9.17, 15) is 8.42 Å². The quantitative estimate of drug-likeness (QED) is 0.125. The average molecular weight is 621 g/mol. The first-order valence-electron chi connectivity index (χ1n) is 15.0. The van der Waals surface area contributed by atoms with Crippen molar-refractivity contribution in [3.05, 3.63) is 30.6 Å². The summed E-state index contributed by atoms with van der Waals surface area (Å²) in [5, 5.41) is 10.9. The molecule has 1 aliphatic rings. The van der Waals surface area contributed by atoms with Crippen molar-refractivity contribution < 1.29 is 26.9 Å². The van der Waals surface area contributed by atoms with E-state index in [1.807, 2.05) is 21.8 Å². The lowest BCUT2D eigenvalue weighted by Crippen LogP contribution is -2.43. The van der Waals surface area contributed by atoms with Gasteiger partial charge in [-0.1, -0.05) is 27.7 Å². The maximum absolute atomic E-state index is 11.0. The van der Waals surface area contributed by atoms with Crippen LogP contribution in [0.3, 0.4) is 0 Å². The summed E-state index contributed by atoms with van der Waals surface area (Å²) in [6.07, 6.45) is 8.26. The largest absolute Gasteiger partial charge is 0.543 e. The molecule has 3 aromatic rings. The van der Waals surface area contributed by atoms with Gasteiger partial charge in [0.05, 0.1) is 23.5 Å². The van der Waals surface area contributed by atoms with Gasteiger partial charge in [-0.25, -0.2) is 4.68 Å². The number of hydrogen-bond donors (Lipinski definition) is 1. The van der Waals surface area contributed by atoms with Gasteiger partial charge in [-0.05, 0) is 81.3 Å². The molecule has 1 N–H and O–H groups in total. The molecule has 234 valence electrons. The molecule has 1 fully saturated rings. The first-order chi connectivity index (χ1) is 19.6. The van der Waals surface area contributed by atoms with Gasteiger partial charge in [0.15, 0.2) is 6.23 Å². The Bertz CT molecular complexity index is 1440. The summed E-state index contributed by atoms with van der Waals surface area (Å²) < 4.78 is 53.6. The van der Waals surface area contributed by atoms with E-state index in [0.29, 0.717) is 19.6 Å². The summed E-state index contributed by atoms with van der Waals surface area (Å²) in [6, 6.07) is 6.38. The normalized spacial score (nSPS) is 18.3. The number of hydrogen-bond acceptors (Lipinski definition) is 7. The van der Waals surface area contributed by atoms with Crippen LogP contribution in [0.2, 0.25) is 18.1 Å². The molecule has 1 saturated heterocycles. The Kier molecular flexibility index (Phi) is 10.2. The third-order valence-corrected chi connectivity index (χ3v) is 13.9. The van der Waals surface area contributed by atoms with Crippen molar-refractivity contribution in [2.75, 3.05) is 25.6 Å². The minimum Gasteiger partial charge on any atom is -0.543 e. The topological polar surface area (TPSA) is 118 Å². The Labute approximate surface area is 251 Å². The fourth-order valence-corrected chi connectivity index (χ4v) is 6.81.